The number of rotatable bonds is 4. The number of aliphatic hydroxyl groups excluding tert-OH is 1. The Morgan fingerprint density at radius 2 is 2.00 bits per heavy atom. The van der Waals surface area contributed by atoms with Crippen molar-refractivity contribution in [1.82, 2.24) is 0 Å². The van der Waals surface area contributed by atoms with Gasteiger partial charge in [-0.25, -0.2) is 4.39 Å². The van der Waals surface area contributed by atoms with E-state index in [4.69, 9.17) is 4.74 Å². The lowest BCUT2D eigenvalue weighted by atomic mass is 10.1. The lowest BCUT2D eigenvalue weighted by Gasteiger charge is -2.11. The Balaban J connectivity index is 2.12. The lowest BCUT2D eigenvalue weighted by molar-refractivity contribution is 0.259. The molecule has 0 fully saturated rings. The summed E-state index contributed by atoms with van der Waals surface area (Å²) in [4.78, 5) is 0. The van der Waals surface area contributed by atoms with E-state index in [1.807, 2.05) is 25.1 Å². The van der Waals surface area contributed by atoms with Gasteiger partial charge in [-0.3, -0.25) is 0 Å². The van der Waals surface area contributed by atoms with E-state index in [2.05, 4.69) is 15.9 Å². The normalized spacial score (nSPS) is 10.5. The molecule has 2 aromatic rings. The van der Waals surface area contributed by atoms with Crippen LogP contribution in [-0.4, -0.2) is 5.11 Å². The Labute approximate surface area is 120 Å². The second-order valence-corrected chi connectivity index (χ2v) is 5.16. The SMILES string of the molecule is Cc1ccc(OCc2ccc(F)c(Br)c2)c(CO)c1. The molecule has 0 spiro atoms. The van der Waals surface area contributed by atoms with Gasteiger partial charge in [0.25, 0.3) is 0 Å². The summed E-state index contributed by atoms with van der Waals surface area (Å²) in [5.74, 6) is 0.351. The van der Waals surface area contributed by atoms with Crippen LogP contribution in [0.5, 0.6) is 5.75 Å². The Hall–Kier alpha value is -1.39. The average molecular weight is 325 g/mol. The van der Waals surface area contributed by atoms with Crippen molar-refractivity contribution in [2.75, 3.05) is 0 Å². The predicted octanol–water partition coefficient (Wildman–Crippen LogP) is 3.97. The number of aryl methyl sites for hydroxylation is 1. The zero-order valence-electron chi connectivity index (χ0n) is 10.5. The summed E-state index contributed by atoms with van der Waals surface area (Å²) in [5.41, 5.74) is 2.68. The summed E-state index contributed by atoms with van der Waals surface area (Å²) in [7, 11) is 0. The molecule has 0 amide bonds. The molecule has 0 aliphatic rings. The molecule has 0 saturated carbocycles. The van der Waals surface area contributed by atoms with Gasteiger partial charge in [-0.15, -0.1) is 0 Å². The molecule has 0 atom stereocenters. The van der Waals surface area contributed by atoms with Crippen molar-refractivity contribution in [3.05, 3.63) is 63.4 Å². The van der Waals surface area contributed by atoms with Crippen molar-refractivity contribution >= 4 is 15.9 Å². The highest BCUT2D eigenvalue weighted by Gasteiger charge is 2.05. The highest BCUT2D eigenvalue weighted by Crippen LogP contribution is 2.22. The van der Waals surface area contributed by atoms with Gasteiger partial charge in [0.1, 0.15) is 18.2 Å². The fraction of sp³-hybridized carbons (Fsp3) is 0.200. The summed E-state index contributed by atoms with van der Waals surface area (Å²) in [6, 6.07) is 10.4. The summed E-state index contributed by atoms with van der Waals surface area (Å²) >= 11 is 3.14. The van der Waals surface area contributed by atoms with Crippen molar-refractivity contribution in [2.45, 2.75) is 20.1 Å². The predicted molar refractivity (Wildman–Crippen MR) is 75.5 cm³/mol. The quantitative estimate of drug-likeness (QED) is 0.922. The molecule has 19 heavy (non-hydrogen) atoms. The van der Waals surface area contributed by atoms with E-state index in [0.717, 1.165) is 16.7 Å². The van der Waals surface area contributed by atoms with Gasteiger partial charge in [-0.2, -0.15) is 0 Å². The highest BCUT2D eigenvalue weighted by molar-refractivity contribution is 9.10. The first-order valence-electron chi connectivity index (χ1n) is 5.87. The number of hydrogen-bond acceptors (Lipinski definition) is 2. The molecule has 0 bridgehead atoms. The minimum absolute atomic E-state index is 0.0654. The molecule has 0 saturated heterocycles. The van der Waals surface area contributed by atoms with Crippen molar-refractivity contribution in [1.29, 1.82) is 0 Å². The van der Waals surface area contributed by atoms with Crippen molar-refractivity contribution in [2.24, 2.45) is 0 Å². The van der Waals surface area contributed by atoms with Crippen LogP contribution < -0.4 is 4.74 Å². The molecule has 0 unspecified atom stereocenters. The van der Waals surface area contributed by atoms with Crippen LogP contribution in [0.1, 0.15) is 16.7 Å². The van der Waals surface area contributed by atoms with Gasteiger partial charge in [-0.05, 0) is 46.6 Å². The van der Waals surface area contributed by atoms with E-state index in [9.17, 15) is 9.50 Å². The molecule has 2 rings (SSSR count). The number of hydrogen-bond donors (Lipinski definition) is 1. The van der Waals surface area contributed by atoms with Crippen molar-refractivity contribution in [3.63, 3.8) is 0 Å². The van der Waals surface area contributed by atoms with Crippen LogP contribution in [0, 0.1) is 12.7 Å². The van der Waals surface area contributed by atoms with Gasteiger partial charge < -0.3 is 9.84 Å². The third-order valence-corrected chi connectivity index (χ3v) is 3.37. The Morgan fingerprint density at radius 3 is 2.68 bits per heavy atom. The van der Waals surface area contributed by atoms with Crippen LogP contribution in [0.2, 0.25) is 0 Å². The lowest BCUT2D eigenvalue weighted by Crippen LogP contribution is -1.99. The second kappa shape index (κ2) is 6.17. The number of aliphatic hydroxyl groups is 1. The molecule has 2 aromatic carbocycles. The van der Waals surface area contributed by atoms with Crippen molar-refractivity contribution in [3.8, 4) is 5.75 Å². The van der Waals surface area contributed by atoms with Crippen LogP contribution in [-0.2, 0) is 13.2 Å². The van der Waals surface area contributed by atoms with Gasteiger partial charge in [0.15, 0.2) is 0 Å². The first kappa shape index (κ1) is 14.0. The molecule has 100 valence electrons. The zero-order valence-corrected chi connectivity index (χ0v) is 12.1. The van der Waals surface area contributed by atoms with E-state index < -0.39 is 0 Å². The van der Waals surface area contributed by atoms with E-state index in [0.29, 0.717) is 16.8 Å². The topological polar surface area (TPSA) is 29.5 Å². The first-order valence-corrected chi connectivity index (χ1v) is 6.66. The van der Waals surface area contributed by atoms with E-state index in [-0.39, 0.29) is 12.4 Å². The van der Waals surface area contributed by atoms with Gasteiger partial charge in [0.2, 0.25) is 0 Å². The molecule has 0 heterocycles. The Bertz CT molecular complexity index is 584. The fourth-order valence-electron chi connectivity index (χ4n) is 1.76. The van der Waals surface area contributed by atoms with Crippen LogP contribution in [0.3, 0.4) is 0 Å². The summed E-state index contributed by atoms with van der Waals surface area (Å²) in [5, 5.41) is 9.28. The maximum Gasteiger partial charge on any atom is 0.137 e. The van der Waals surface area contributed by atoms with Crippen LogP contribution in [0.25, 0.3) is 0 Å². The third-order valence-electron chi connectivity index (χ3n) is 2.76. The third kappa shape index (κ3) is 3.55. The molecular weight excluding hydrogens is 311 g/mol. The van der Waals surface area contributed by atoms with Crippen LogP contribution >= 0.6 is 15.9 Å². The average Bonchev–Trinajstić information content (AvgIpc) is 2.41. The zero-order chi connectivity index (χ0) is 13.8. The van der Waals surface area contributed by atoms with Gasteiger partial charge in [0, 0.05) is 5.56 Å². The highest BCUT2D eigenvalue weighted by atomic mass is 79.9. The molecule has 0 radical (unpaired) electrons. The largest absolute Gasteiger partial charge is 0.489 e. The summed E-state index contributed by atoms with van der Waals surface area (Å²) in [6.45, 7) is 2.22. The first-order chi connectivity index (χ1) is 9.10. The molecule has 0 aliphatic heterocycles. The standard InChI is InChI=1S/C15H14BrFO2/c1-10-2-5-15(12(6-10)8-18)19-9-11-3-4-14(17)13(16)7-11/h2-7,18H,8-9H2,1H3. The van der Waals surface area contributed by atoms with Gasteiger partial charge in [0.05, 0.1) is 11.1 Å². The molecule has 2 nitrogen and oxygen atoms in total. The molecule has 0 aromatic heterocycles. The molecule has 0 aliphatic carbocycles. The molecule has 4 heteroatoms. The minimum atomic E-state index is -0.296. The minimum Gasteiger partial charge on any atom is -0.489 e. The van der Waals surface area contributed by atoms with Crippen LogP contribution in [0.15, 0.2) is 40.9 Å². The summed E-state index contributed by atoms with van der Waals surface area (Å²) < 4.78 is 19.2. The molecule has 1 N–H and O–H groups in total. The smallest absolute Gasteiger partial charge is 0.137 e. The Kier molecular flexibility index (Phi) is 4.56. The Morgan fingerprint density at radius 1 is 1.21 bits per heavy atom. The number of benzene rings is 2. The number of halogens is 2. The van der Waals surface area contributed by atoms with Crippen LogP contribution in [0.4, 0.5) is 4.39 Å². The number of ether oxygens (including phenoxy) is 1. The second-order valence-electron chi connectivity index (χ2n) is 4.31. The maximum absolute atomic E-state index is 13.1. The van der Waals surface area contributed by atoms with Gasteiger partial charge >= 0.3 is 0 Å². The summed E-state index contributed by atoms with van der Waals surface area (Å²) in [6.07, 6.45) is 0. The van der Waals surface area contributed by atoms with Crippen molar-refractivity contribution < 1.29 is 14.2 Å². The molecular formula is C15H14BrFO2. The van der Waals surface area contributed by atoms with Gasteiger partial charge in [-0.1, -0.05) is 23.8 Å². The fourth-order valence-corrected chi connectivity index (χ4v) is 2.19. The van der Waals surface area contributed by atoms with E-state index in [1.165, 1.54) is 6.07 Å². The van der Waals surface area contributed by atoms with E-state index in [1.54, 1.807) is 12.1 Å². The monoisotopic (exact) mass is 324 g/mol. The maximum atomic E-state index is 13.1. The van der Waals surface area contributed by atoms with E-state index >= 15 is 0 Å².